The molecule has 1 aliphatic carbocycles. The predicted octanol–water partition coefficient (Wildman–Crippen LogP) is 3.47. The Labute approximate surface area is 148 Å². The van der Waals surface area contributed by atoms with Crippen LogP contribution in [-0.2, 0) is 11.2 Å². The number of Topliss-reactive ketones (excluding diaryl/α,β-unsaturated/α-hetero) is 1. The van der Waals surface area contributed by atoms with Gasteiger partial charge in [0.15, 0.2) is 5.78 Å². The van der Waals surface area contributed by atoms with Crippen molar-refractivity contribution in [2.45, 2.75) is 63.8 Å². The number of urea groups is 1. The van der Waals surface area contributed by atoms with E-state index in [4.69, 9.17) is 0 Å². The first kappa shape index (κ1) is 17.6. The van der Waals surface area contributed by atoms with Crippen molar-refractivity contribution >= 4 is 17.7 Å². The molecule has 1 aliphatic heterocycles. The predicted molar refractivity (Wildman–Crippen MR) is 95.4 cm³/mol. The first-order chi connectivity index (χ1) is 12.1. The molecule has 0 atom stereocenters. The zero-order valence-corrected chi connectivity index (χ0v) is 14.8. The second-order valence-electron chi connectivity index (χ2n) is 7.14. The number of benzene rings is 1. The van der Waals surface area contributed by atoms with Gasteiger partial charge in [-0.2, -0.15) is 0 Å². The van der Waals surface area contributed by atoms with E-state index in [1.54, 1.807) is 12.1 Å². The van der Waals surface area contributed by atoms with Crippen molar-refractivity contribution in [2.24, 2.45) is 0 Å². The number of amides is 3. The summed E-state index contributed by atoms with van der Waals surface area (Å²) in [6.45, 7) is 1.87. The number of carbonyl (C=O) groups excluding carboxylic acids is 3. The highest BCUT2D eigenvalue weighted by Crippen LogP contribution is 2.32. The maximum atomic E-state index is 12.9. The minimum absolute atomic E-state index is 0.183. The Morgan fingerprint density at radius 1 is 1.04 bits per heavy atom. The van der Waals surface area contributed by atoms with Gasteiger partial charge in [0.1, 0.15) is 5.54 Å². The number of imide groups is 1. The summed E-state index contributed by atoms with van der Waals surface area (Å²) < 4.78 is 0. The third kappa shape index (κ3) is 3.60. The summed E-state index contributed by atoms with van der Waals surface area (Å²) in [4.78, 5) is 38.9. The number of hydrogen-bond donors (Lipinski definition) is 1. The molecule has 5 nitrogen and oxygen atoms in total. The Balaban J connectivity index is 1.72. The van der Waals surface area contributed by atoms with Crippen molar-refractivity contribution in [3.8, 4) is 0 Å². The van der Waals surface area contributed by atoms with Crippen molar-refractivity contribution in [3.05, 3.63) is 35.4 Å². The molecule has 1 saturated carbocycles. The Morgan fingerprint density at radius 2 is 1.64 bits per heavy atom. The Morgan fingerprint density at radius 3 is 2.24 bits per heavy atom. The summed E-state index contributed by atoms with van der Waals surface area (Å²) in [5.41, 5.74) is 0.903. The normalized spacial score (nSPS) is 20.3. The standard InChI is InChI=1S/C20H26N2O3/c1-2-15-8-10-16(11-9-15)17(23)14-22-18(24)20(21-19(22)25)12-6-4-3-5-7-13-20/h8-11H,2-7,12-14H2,1H3,(H,21,25). The van der Waals surface area contributed by atoms with E-state index in [1.165, 1.54) is 6.42 Å². The topological polar surface area (TPSA) is 66.5 Å². The van der Waals surface area contributed by atoms with Crippen LogP contribution in [0.25, 0.3) is 0 Å². The highest BCUT2D eigenvalue weighted by atomic mass is 16.2. The molecule has 3 rings (SSSR count). The Hall–Kier alpha value is -2.17. The van der Waals surface area contributed by atoms with Crippen LogP contribution in [0.5, 0.6) is 0 Å². The van der Waals surface area contributed by atoms with Gasteiger partial charge in [-0.05, 0) is 24.8 Å². The fraction of sp³-hybridized carbons (Fsp3) is 0.550. The number of nitrogens with one attached hydrogen (secondary N) is 1. The lowest BCUT2D eigenvalue weighted by molar-refractivity contribution is -0.131. The summed E-state index contributed by atoms with van der Waals surface area (Å²) >= 11 is 0. The van der Waals surface area contributed by atoms with Crippen LogP contribution in [0.15, 0.2) is 24.3 Å². The third-order valence-electron chi connectivity index (χ3n) is 5.44. The van der Waals surface area contributed by atoms with Gasteiger partial charge < -0.3 is 5.32 Å². The molecule has 1 aromatic rings. The fourth-order valence-electron chi connectivity index (χ4n) is 3.83. The molecular formula is C20H26N2O3. The molecule has 134 valence electrons. The minimum atomic E-state index is -0.788. The second kappa shape index (κ2) is 7.38. The first-order valence-corrected chi connectivity index (χ1v) is 9.32. The van der Waals surface area contributed by atoms with E-state index in [9.17, 15) is 14.4 Å². The van der Waals surface area contributed by atoms with Crippen LogP contribution in [0, 0.1) is 0 Å². The van der Waals surface area contributed by atoms with Gasteiger partial charge >= 0.3 is 6.03 Å². The average Bonchev–Trinajstić information content (AvgIpc) is 2.83. The number of ketones is 1. The Bertz CT molecular complexity index is 658. The van der Waals surface area contributed by atoms with Gasteiger partial charge in [0.25, 0.3) is 5.91 Å². The van der Waals surface area contributed by atoms with Crippen LogP contribution in [0.2, 0.25) is 0 Å². The van der Waals surface area contributed by atoms with Crippen LogP contribution in [0.1, 0.15) is 67.8 Å². The number of aryl methyl sites for hydroxylation is 1. The van der Waals surface area contributed by atoms with Crippen LogP contribution in [-0.4, -0.2) is 34.7 Å². The molecule has 1 aromatic carbocycles. The lowest BCUT2D eigenvalue weighted by Crippen LogP contribution is -2.47. The maximum Gasteiger partial charge on any atom is 0.325 e. The molecule has 2 fully saturated rings. The molecule has 0 radical (unpaired) electrons. The van der Waals surface area contributed by atoms with Crippen molar-refractivity contribution in [3.63, 3.8) is 0 Å². The molecule has 5 heteroatoms. The highest BCUT2D eigenvalue weighted by molar-refractivity contribution is 6.11. The molecule has 1 saturated heterocycles. The average molecular weight is 342 g/mol. The quantitative estimate of drug-likeness (QED) is 0.673. The van der Waals surface area contributed by atoms with Gasteiger partial charge in [-0.15, -0.1) is 0 Å². The van der Waals surface area contributed by atoms with E-state index in [0.29, 0.717) is 18.4 Å². The van der Waals surface area contributed by atoms with Gasteiger partial charge in [0, 0.05) is 5.56 Å². The molecule has 0 unspecified atom stereocenters. The van der Waals surface area contributed by atoms with Crippen LogP contribution >= 0.6 is 0 Å². The maximum absolute atomic E-state index is 12.9. The molecule has 0 aromatic heterocycles. The van der Waals surface area contributed by atoms with Crippen molar-refractivity contribution in [1.29, 1.82) is 0 Å². The van der Waals surface area contributed by atoms with Gasteiger partial charge in [0.2, 0.25) is 0 Å². The van der Waals surface area contributed by atoms with Crippen LogP contribution in [0.3, 0.4) is 0 Å². The lowest BCUT2D eigenvalue weighted by Gasteiger charge is -2.28. The third-order valence-corrected chi connectivity index (χ3v) is 5.44. The minimum Gasteiger partial charge on any atom is -0.323 e. The van der Waals surface area contributed by atoms with Gasteiger partial charge in [0.05, 0.1) is 6.54 Å². The Kier molecular flexibility index (Phi) is 5.21. The largest absolute Gasteiger partial charge is 0.325 e. The van der Waals surface area contributed by atoms with E-state index in [-0.39, 0.29) is 18.2 Å². The summed E-state index contributed by atoms with van der Waals surface area (Å²) in [7, 11) is 0. The molecule has 1 N–H and O–H groups in total. The molecule has 3 amide bonds. The number of rotatable bonds is 4. The van der Waals surface area contributed by atoms with E-state index in [0.717, 1.165) is 42.6 Å². The molecule has 0 bridgehead atoms. The smallest absolute Gasteiger partial charge is 0.323 e. The summed E-state index contributed by atoms with van der Waals surface area (Å²) in [6, 6.07) is 6.94. The van der Waals surface area contributed by atoms with E-state index in [1.807, 2.05) is 12.1 Å². The molecule has 25 heavy (non-hydrogen) atoms. The van der Waals surface area contributed by atoms with Gasteiger partial charge in [-0.1, -0.05) is 63.3 Å². The van der Waals surface area contributed by atoms with E-state index in [2.05, 4.69) is 12.2 Å². The van der Waals surface area contributed by atoms with Crippen LogP contribution in [0.4, 0.5) is 4.79 Å². The fourth-order valence-corrected chi connectivity index (χ4v) is 3.83. The summed E-state index contributed by atoms with van der Waals surface area (Å²) in [5.74, 6) is -0.424. The SMILES string of the molecule is CCc1ccc(C(=O)CN2C(=O)NC3(CCCCCCC3)C2=O)cc1. The molecule has 1 heterocycles. The van der Waals surface area contributed by atoms with Crippen molar-refractivity contribution < 1.29 is 14.4 Å². The van der Waals surface area contributed by atoms with E-state index < -0.39 is 11.6 Å². The number of hydrogen-bond acceptors (Lipinski definition) is 3. The van der Waals surface area contributed by atoms with Crippen molar-refractivity contribution in [1.82, 2.24) is 10.2 Å². The zero-order valence-electron chi connectivity index (χ0n) is 14.8. The monoisotopic (exact) mass is 342 g/mol. The molecule has 1 spiro atoms. The van der Waals surface area contributed by atoms with Gasteiger partial charge in [-0.25, -0.2) is 4.79 Å². The summed E-state index contributed by atoms with van der Waals surface area (Å²) in [5, 5.41) is 2.90. The molecule has 2 aliphatic rings. The lowest BCUT2D eigenvalue weighted by atomic mass is 9.84. The molecular weight excluding hydrogens is 316 g/mol. The highest BCUT2D eigenvalue weighted by Gasteiger charge is 2.50. The van der Waals surface area contributed by atoms with E-state index >= 15 is 0 Å². The summed E-state index contributed by atoms with van der Waals surface area (Å²) in [6.07, 6.45) is 7.50. The zero-order chi connectivity index (χ0) is 17.9. The van der Waals surface area contributed by atoms with Crippen molar-refractivity contribution in [2.75, 3.05) is 6.54 Å². The first-order valence-electron chi connectivity index (χ1n) is 9.32. The van der Waals surface area contributed by atoms with Crippen LogP contribution < -0.4 is 5.32 Å². The number of nitrogens with zero attached hydrogens (tertiary/aromatic N) is 1. The van der Waals surface area contributed by atoms with Gasteiger partial charge in [-0.3, -0.25) is 14.5 Å². The number of carbonyl (C=O) groups is 3. The second-order valence-corrected chi connectivity index (χ2v) is 7.14.